The Morgan fingerprint density at radius 1 is 1.61 bits per heavy atom. The van der Waals surface area contributed by atoms with E-state index in [0.29, 0.717) is 35.8 Å². The maximum Gasteiger partial charge on any atom is 0.255 e. The monoisotopic (exact) mass is 268 g/mol. The molecule has 0 aliphatic heterocycles. The number of carbonyl (C=O) groups is 1. The number of hydrogen-bond acceptors (Lipinski definition) is 3. The number of carbonyl (C=O) groups excluding carboxylic acids is 1. The van der Waals surface area contributed by atoms with Crippen molar-refractivity contribution in [2.45, 2.75) is 6.42 Å². The van der Waals surface area contributed by atoms with Gasteiger partial charge in [-0.05, 0) is 30.2 Å². The Labute approximate surface area is 110 Å². The zero-order valence-electron chi connectivity index (χ0n) is 9.89. The molecule has 0 aliphatic rings. The Morgan fingerprint density at radius 2 is 2.39 bits per heavy atom. The third-order valence-corrected chi connectivity index (χ3v) is 2.42. The number of amides is 1. The van der Waals surface area contributed by atoms with Crippen LogP contribution in [0, 0.1) is 0 Å². The number of methoxy groups -OCH3 is 1. The quantitative estimate of drug-likeness (QED) is 0.372. The highest BCUT2D eigenvalue weighted by molar-refractivity contribution is 6.31. The fourth-order valence-electron chi connectivity index (χ4n) is 1.35. The van der Waals surface area contributed by atoms with Crippen LogP contribution in [-0.2, 0) is 0 Å². The van der Waals surface area contributed by atoms with Crippen LogP contribution in [0.2, 0.25) is 5.02 Å². The Bertz CT molecular complexity index is 472. The van der Waals surface area contributed by atoms with Crippen molar-refractivity contribution in [1.82, 2.24) is 5.32 Å². The molecular weight excluding hydrogens is 256 g/mol. The summed E-state index contributed by atoms with van der Waals surface area (Å²) in [4.78, 5) is 14.5. The van der Waals surface area contributed by atoms with Crippen molar-refractivity contribution in [1.29, 1.82) is 0 Å². The lowest BCUT2D eigenvalue weighted by Gasteiger charge is -2.09. The van der Waals surface area contributed by atoms with E-state index >= 15 is 0 Å². The Balaban J connectivity index is 2.60. The first-order valence-electron chi connectivity index (χ1n) is 5.31. The number of halogens is 1. The molecule has 0 saturated carbocycles. The van der Waals surface area contributed by atoms with Crippen molar-refractivity contribution in [3.63, 3.8) is 0 Å². The third kappa shape index (κ3) is 4.16. The predicted molar refractivity (Wildman–Crippen MR) is 69.0 cm³/mol. The van der Waals surface area contributed by atoms with Gasteiger partial charge >= 0.3 is 0 Å². The molecule has 1 aromatic carbocycles. The Hall–Kier alpha value is -1.91. The number of nitrogens with zero attached hydrogens (tertiary/aromatic N) is 3. The molecule has 96 valence electrons. The SMILES string of the molecule is COc1ccc(Cl)cc1C(=O)NCCCN=[N+]=[N-]. The van der Waals surface area contributed by atoms with Crippen LogP contribution in [0.3, 0.4) is 0 Å². The van der Waals surface area contributed by atoms with E-state index in [1.807, 2.05) is 0 Å². The minimum Gasteiger partial charge on any atom is -0.496 e. The number of ether oxygens (including phenoxy) is 1. The van der Waals surface area contributed by atoms with Crippen molar-refractivity contribution < 1.29 is 9.53 Å². The Kier molecular flexibility index (Phi) is 5.84. The minimum absolute atomic E-state index is 0.268. The largest absolute Gasteiger partial charge is 0.496 e. The van der Waals surface area contributed by atoms with E-state index < -0.39 is 0 Å². The molecule has 6 nitrogen and oxygen atoms in total. The van der Waals surface area contributed by atoms with Gasteiger partial charge in [0.15, 0.2) is 0 Å². The van der Waals surface area contributed by atoms with E-state index in [1.54, 1.807) is 18.2 Å². The summed E-state index contributed by atoms with van der Waals surface area (Å²) >= 11 is 5.83. The lowest BCUT2D eigenvalue weighted by Crippen LogP contribution is -2.25. The van der Waals surface area contributed by atoms with Gasteiger partial charge in [-0.15, -0.1) is 0 Å². The van der Waals surface area contributed by atoms with Crippen molar-refractivity contribution in [2.75, 3.05) is 20.2 Å². The summed E-state index contributed by atoms with van der Waals surface area (Å²) in [6.07, 6.45) is 0.582. The number of rotatable bonds is 6. The van der Waals surface area contributed by atoms with E-state index in [0.717, 1.165) is 0 Å². The van der Waals surface area contributed by atoms with Gasteiger partial charge in [-0.2, -0.15) is 0 Å². The fourth-order valence-corrected chi connectivity index (χ4v) is 1.52. The molecule has 0 atom stereocenters. The van der Waals surface area contributed by atoms with Gasteiger partial charge in [-0.1, -0.05) is 16.7 Å². The molecule has 0 heterocycles. The molecule has 18 heavy (non-hydrogen) atoms. The predicted octanol–water partition coefficient (Wildman–Crippen LogP) is 2.78. The molecule has 1 N–H and O–H groups in total. The average molecular weight is 269 g/mol. The van der Waals surface area contributed by atoms with E-state index in [-0.39, 0.29) is 5.91 Å². The Morgan fingerprint density at radius 3 is 3.06 bits per heavy atom. The molecule has 0 fully saturated rings. The summed E-state index contributed by atoms with van der Waals surface area (Å²) in [6.45, 7) is 0.775. The van der Waals surface area contributed by atoms with Gasteiger partial charge in [0.2, 0.25) is 0 Å². The highest BCUT2D eigenvalue weighted by Gasteiger charge is 2.11. The van der Waals surface area contributed by atoms with Crippen LogP contribution < -0.4 is 10.1 Å². The summed E-state index contributed by atoms with van der Waals surface area (Å²) < 4.78 is 5.08. The molecule has 0 saturated heterocycles. The lowest BCUT2D eigenvalue weighted by atomic mass is 10.2. The molecule has 0 aliphatic carbocycles. The molecule has 1 amide bonds. The van der Waals surface area contributed by atoms with Crippen LogP contribution in [0.4, 0.5) is 0 Å². The lowest BCUT2D eigenvalue weighted by molar-refractivity contribution is 0.0950. The smallest absolute Gasteiger partial charge is 0.255 e. The van der Waals surface area contributed by atoms with Crippen molar-refractivity contribution in [3.05, 3.63) is 39.2 Å². The molecule has 0 aromatic heterocycles. The average Bonchev–Trinajstić information content (AvgIpc) is 2.38. The summed E-state index contributed by atoms with van der Waals surface area (Å²) in [5, 5.41) is 6.54. The number of nitrogens with one attached hydrogen (secondary N) is 1. The highest BCUT2D eigenvalue weighted by Crippen LogP contribution is 2.22. The molecule has 0 spiro atoms. The third-order valence-electron chi connectivity index (χ3n) is 2.19. The van der Waals surface area contributed by atoms with Gasteiger partial charge in [0.1, 0.15) is 5.75 Å². The minimum atomic E-state index is -0.268. The zero-order chi connectivity index (χ0) is 13.4. The van der Waals surface area contributed by atoms with Gasteiger partial charge in [0.25, 0.3) is 5.91 Å². The van der Waals surface area contributed by atoms with Crippen LogP contribution in [-0.4, -0.2) is 26.1 Å². The van der Waals surface area contributed by atoms with E-state index in [9.17, 15) is 4.79 Å². The first kappa shape index (κ1) is 14.2. The molecule has 7 heteroatoms. The maximum atomic E-state index is 11.9. The summed E-state index contributed by atoms with van der Waals surface area (Å²) in [5.74, 6) is 0.197. The summed E-state index contributed by atoms with van der Waals surface area (Å²) in [7, 11) is 1.49. The molecule has 0 bridgehead atoms. The molecule has 1 rings (SSSR count). The van der Waals surface area contributed by atoms with Crippen molar-refractivity contribution >= 4 is 17.5 Å². The van der Waals surface area contributed by atoms with Gasteiger partial charge in [-0.3, -0.25) is 4.79 Å². The topological polar surface area (TPSA) is 87.1 Å². The summed E-state index contributed by atoms with van der Waals surface area (Å²) in [5.41, 5.74) is 8.47. The van der Waals surface area contributed by atoms with Gasteiger partial charge in [0, 0.05) is 23.0 Å². The van der Waals surface area contributed by atoms with E-state index in [1.165, 1.54) is 7.11 Å². The normalized spacial score (nSPS) is 9.44. The second-order valence-electron chi connectivity index (χ2n) is 3.41. The van der Waals surface area contributed by atoms with E-state index in [4.69, 9.17) is 21.9 Å². The maximum absolute atomic E-state index is 11.9. The zero-order valence-corrected chi connectivity index (χ0v) is 10.6. The molecule has 1 aromatic rings. The fraction of sp³-hybridized carbons (Fsp3) is 0.364. The van der Waals surface area contributed by atoms with Crippen LogP contribution in [0.15, 0.2) is 23.3 Å². The standard InChI is InChI=1S/C11H13ClN4O2/c1-18-10-4-3-8(12)7-9(10)11(17)14-5-2-6-15-16-13/h3-4,7H,2,5-6H2,1H3,(H,14,17). The molecular formula is C11H13ClN4O2. The number of benzene rings is 1. The number of hydrogen-bond donors (Lipinski definition) is 1. The van der Waals surface area contributed by atoms with Crippen LogP contribution in [0.5, 0.6) is 5.75 Å². The second-order valence-corrected chi connectivity index (χ2v) is 3.84. The van der Waals surface area contributed by atoms with Crippen LogP contribution in [0.25, 0.3) is 10.4 Å². The molecule has 0 radical (unpaired) electrons. The van der Waals surface area contributed by atoms with Crippen LogP contribution >= 0.6 is 11.6 Å². The van der Waals surface area contributed by atoms with Crippen molar-refractivity contribution in [3.8, 4) is 5.75 Å². The second kappa shape index (κ2) is 7.42. The van der Waals surface area contributed by atoms with Gasteiger partial charge in [-0.25, -0.2) is 0 Å². The number of azide groups is 1. The first-order chi connectivity index (χ1) is 8.69. The van der Waals surface area contributed by atoms with Crippen LogP contribution in [0.1, 0.15) is 16.8 Å². The first-order valence-corrected chi connectivity index (χ1v) is 5.69. The highest BCUT2D eigenvalue weighted by atomic mass is 35.5. The van der Waals surface area contributed by atoms with Gasteiger partial charge < -0.3 is 10.1 Å². The molecule has 0 unspecified atom stereocenters. The van der Waals surface area contributed by atoms with Crippen molar-refractivity contribution in [2.24, 2.45) is 5.11 Å². The van der Waals surface area contributed by atoms with Gasteiger partial charge in [0.05, 0.1) is 12.7 Å². The van der Waals surface area contributed by atoms with E-state index in [2.05, 4.69) is 15.3 Å². The summed E-state index contributed by atoms with van der Waals surface area (Å²) in [6, 6.07) is 4.83.